The first-order chi connectivity index (χ1) is 12.4. The van der Waals surface area contributed by atoms with Crippen LogP contribution in [-0.4, -0.2) is 18.4 Å². The number of hydrogen-bond donors (Lipinski definition) is 1. The first-order valence-corrected chi connectivity index (χ1v) is 8.83. The zero-order valence-electron chi connectivity index (χ0n) is 15.6. The maximum atomic E-state index is 13.1. The lowest BCUT2D eigenvalue weighted by atomic mass is 9.99. The zero-order valence-corrected chi connectivity index (χ0v) is 15.6. The van der Waals surface area contributed by atoms with E-state index < -0.39 is 6.04 Å². The molecule has 0 fully saturated rings. The SMILES string of the molecule is CCOc1ccccc1CN1C(=O)[C@H](NC(C)=O)c2c(C)ccc(C)c21. The molecule has 0 spiro atoms. The van der Waals surface area contributed by atoms with Crippen molar-refractivity contribution in [3.63, 3.8) is 0 Å². The van der Waals surface area contributed by atoms with Crippen LogP contribution in [0.15, 0.2) is 36.4 Å². The number of carbonyl (C=O) groups excluding carboxylic acids is 2. The third kappa shape index (κ3) is 3.17. The largest absolute Gasteiger partial charge is 0.494 e. The van der Waals surface area contributed by atoms with Crippen LogP contribution in [0.25, 0.3) is 0 Å². The van der Waals surface area contributed by atoms with Crippen molar-refractivity contribution in [2.24, 2.45) is 0 Å². The summed E-state index contributed by atoms with van der Waals surface area (Å²) in [6, 6.07) is 11.1. The Morgan fingerprint density at radius 1 is 1.15 bits per heavy atom. The Hall–Kier alpha value is -2.82. The van der Waals surface area contributed by atoms with Gasteiger partial charge in [0.15, 0.2) is 0 Å². The standard InChI is InChI=1S/C21H24N2O3/c1-5-26-17-9-7-6-8-16(17)12-23-20-14(3)11-10-13(2)18(20)19(21(23)25)22-15(4)24/h6-11,19H,5,12H2,1-4H3,(H,22,24)/t19-/m1/s1. The summed E-state index contributed by atoms with van der Waals surface area (Å²) in [7, 11) is 0. The van der Waals surface area contributed by atoms with Gasteiger partial charge in [-0.25, -0.2) is 0 Å². The molecule has 5 nitrogen and oxygen atoms in total. The molecule has 2 aromatic carbocycles. The Bertz CT molecular complexity index is 860. The topological polar surface area (TPSA) is 58.6 Å². The van der Waals surface area contributed by atoms with Crippen LogP contribution >= 0.6 is 0 Å². The van der Waals surface area contributed by atoms with Crippen molar-refractivity contribution in [1.29, 1.82) is 0 Å². The molecule has 2 amide bonds. The maximum Gasteiger partial charge on any atom is 0.254 e. The molecule has 0 saturated carbocycles. The van der Waals surface area contributed by atoms with Gasteiger partial charge in [0.2, 0.25) is 5.91 Å². The van der Waals surface area contributed by atoms with E-state index in [1.54, 1.807) is 4.90 Å². The molecule has 1 aliphatic rings. The highest BCUT2D eigenvalue weighted by Crippen LogP contribution is 2.42. The lowest BCUT2D eigenvalue weighted by Crippen LogP contribution is -2.36. The summed E-state index contributed by atoms with van der Waals surface area (Å²) >= 11 is 0. The number of hydrogen-bond acceptors (Lipinski definition) is 3. The molecule has 3 rings (SSSR count). The molecule has 0 bridgehead atoms. The normalized spacial score (nSPS) is 15.8. The number of para-hydroxylation sites is 1. The second-order valence-corrected chi connectivity index (χ2v) is 6.56. The number of anilines is 1. The molecule has 0 saturated heterocycles. The van der Waals surface area contributed by atoms with E-state index in [2.05, 4.69) is 5.32 Å². The van der Waals surface area contributed by atoms with Crippen molar-refractivity contribution in [3.05, 3.63) is 58.7 Å². The van der Waals surface area contributed by atoms with Crippen LogP contribution in [0, 0.1) is 13.8 Å². The Morgan fingerprint density at radius 3 is 2.54 bits per heavy atom. The predicted octanol–water partition coefficient (Wildman–Crippen LogP) is 3.43. The third-order valence-corrected chi connectivity index (χ3v) is 4.66. The van der Waals surface area contributed by atoms with Gasteiger partial charge in [-0.15, -0.1) is 0 Å². The van der Waals surface area contributed by atoms with Gasteiger partial charge in [0.1, 0.15) is 11.8 Å². The monoisotopic (exact) mass is 352 g/mol. The maximum absolute atomic E-state index is 13.1. The van der Waals surface area contributed by atoms with Crippen molar-refractivity contribution < 1.29 is 14.3 Å². The second kappa shape index (κ2) is 7.20. The number of fused-ring (bicyclic) bond motifs is 1. The Labute approximate surface area is 154 Å². The number of amides is 2. The Morgan fingerprint density at radius 2 is 1.85 bits per heavy atom. The average molecular weight is 352 g/mol. The number of benzene rings is 2. The van der Waals surface area contributed by atoms with Gasteiger partial charge in [-0.1, -0.05) is 30.3 Å². The summed E-state index contributed by atoms with van der Waals surface area (Å²) in [6.07, 6.45) is 0. The Kier molecular flexibility index (Phi) is 4.98. The minimum absolute atomic E-state index is 0.112. The predicted molar refractivity (Wildman–Crippen MR) is 101 cm³/mol. The highest BCUT2D eigenvalue weighted by Gasteiger charge is 2.40. The highest BCUT2D eigenvalue weighted by molar-refractivity contribution is 6.07. The summed E-state index contributed by atoms with van der Waals surface area (Å²) in [4.78, 5) is 26.6. The number of nitrogens with one attached hydrogen (secondary N) is 1. The first kappa shape index (κ1) is 18.0. The molecule has 0 aliphatic carbocycles. The molecule has 5 heteroatoms. The van der Waals surface area contributed by atoms with Crippen LogP contribution in [0.1, 0.15) is 42.1 Å². The summed E-state index contributed by atoms with van der Waals surface area (Å²) in [5, 5.41) is 2.81. The third-order valence-electron chi connectivity index (χ3n) is 4.66. The van der Waals surface area contributed by atoms with E-state index in [9.17, 15) is 9.59 Å². The van der Waals surface area contributed by atoms with Gasteiger partial charge in [-0.3, -0.25) is 9.59 Å². The van der Waals surface area contributed by atoms with Crippen LogP contribution in [0.3, 0.4) is 0 Å². The van der Waals surface area contributed by atoms with Crippen LogP contribution in [-0.2, 0) is 16.1 Å². The average Bonchev–Trinajstić information content (AvgIpc) is 2.87. The van der Waals surface area contributed by atoms with Gasteiger partial charge in [0.25, 0.3) is 5.91 Å². The smallest absolute Gasteiger partial charge is 0.254 e. The summed E-state index contributed by atoms with van der Waals surface area (Å²) in [5.41, 5.74) is 4.73. The van der Waals surface area contributed by atoms with Gasteiger partial charge in [-0.05, 0) is 38.0 Å². The van der Waals surface area contributed by atoms with Crippen LogP contribution in [0.2, 0.25) is 0 Å². The quantitative estimate of drug-likeness (QED) is 0.897. The molecule has 1 heterocycles. The van der Waals surface area contributed by atoms with Gasteiger partial charge in [-0.2, -0.15) is 0 Å². The molecular weight excluding hydrogens is 328 g/mol. The number of rotatable bonds is 5. The minimum Gasteiger partial charge on any atom is -0.494 e. The Balaban J connectivity index is 2.05. The van der Waals surface area contributed by atoms with E-state index in [4.69, 9.17) is 4.74 Å². The molecule has 136 valence electrons. The van der Waals surface area contributed by atoms with Gasteiger partial charge in [0, 0.05) is 18.1 Å². The molecule has 0 radical (unpaired) electrons. The van der Waals surface area contributed by atoms with Crippen LogP contribution in [0.5, 0.6) is 5.75 Å². The number of nitrogens with zero attached hydrogens (tertiary/aromatic N) is 1. The van der Waals surface area contributed by atoms with Crippen molar-refractivity contribution in [3.8, 4) is 5.75 Å². The molecule has 1 N–H and O–H groups in total. The zero-order chi connectivity index (χ0) is 18.8. The lowest BCUT2D eigenvalue weighted by Gasteiger charge is -2.21. The van der Waals surface area contributed by atoms with Crippen molar-refractivity contribution in [1.82, 2.24) is 5.32 Å². The molecular formula is C21H24N2O3. The van der Waals surface area contributed by atoms with Gasteiger partial charge < -0.3 is 15.0 Å². The summed E-state index contributed by atoms with van der Waals surface area (Å²) in [5.74, 6) is 0.448. The van der Waals surface area contributed by atoms with E-state index in [0.29, 0.717) is 13.2 Å². The van der Waals surface area contributed by atoms with Crippen LogP contribution in [0.4, 0.5) is 5.69 Å². The molecule has 1 aliphatic heterocycles. The van der Waals surface area contributed by atoms with E-state index in [0.717, 1.165) is 33.7 Å². The highest BCUT2D eigenvalue weighted by atomic mass is 16.5. The fraction of sp³-hybridized carbons (Fsp3) is 0.333. The first-order valence-electron chi connectivity index (χ1n) is 8.83. The number of aryl methyl sites for hydroxylation is 2. The number of carbonyl (C=O) groups is 2. The van der Waals surface area contributed by atoms with E-state index in [1.165, 1.54) is 6.92 Å². The summed E-state index contributed by atoms with van der Waals surface area (Å²) < 4.78 is 5.71. The van der Waals surface area contributed by atoms with E-state index >= 15 is 0 Å². The molecule has 2 aromatic rings. The van der Waals surface area contributed by atoms with Gasteiger partial charge in [0.05, 0.1) is 18.8 Å². The minimum atomic E-state index is -0.637. The second-order valence-electron chi connectivity index (χ2n) is 6.56. The fourth-order valence-electron chi connectivity index (χ4n) is 3.53. The fourth-order valence-corrected chi connectivity index (χ4v) is 3.53. The van der Waals surface area contributed by atoms with Crippen molar-refractivity contribution in [2.45, 2.75) is 40.3 Å². The van der Waals surface area contributed by atoms with E-state index in [-0.39, 0.29) is 11.8 Å². The molecule has 0 unspecified atom stereocenters. The van der Waals surface area contributed by atoms with Crippen LogP contribution < -0.4 is 15.0 Å². The molecule has 1 atom stereocenters. The molecule has 26 heavy (non-hydrogen) atoms. The number of ether oxygens (including phenoxy) is 1. The van der Waals surface area contributed by atoms with E-state index in [1.807, 2.05) is 57.2 Å². The van der Waals surface area contributed by atoms with Gasteiger partial charge >= 0.3 is 0 Å². The van der Waals surface area contributed by atoms with Crippen molar-refractivity contribution >= 4 is 17.5 Å². The summed E-state index contributed by atoms with van der Waals surface area (Å²) in [6.45, 7) is 8.30. The lowest BCUT2D eigenvalue weighted by molar-refractivity contribution is -0.126. The molecule has 0 aromatic heterocycles. The van der Waals surface area contributed by atoms with Crippen molar-refractivity contribution in [2.75, 3.05) is 11.5 Å².